The van der Waals surface area contributed by atoms with Crippen LogP contribution in [0.5, 0.6) is 5.75 Å². The molecule has 4 aromatic rings. The standard InChI is InChI=1S/C19H15N5O2.H2/c1-12-17(19-24-23-18(26-19)13-6-4-3-5-7-13)22-15(10-21-12)14-8-9-20-11-16(14)25-2;/h3-11H,1-2H3;1H. The molecular formula is C19H17N5O2. The molecule has 0 aliphatic carbocycles. The summed E-state index contributed by atoms with van der Waals surface area (Å²) >= 11 is 0. The highest BCUT2D eigenvalue weighted by atomic mass is 16.5. The van der Waals surface area contributed by atoms with E-state index in [0.29, 0.717) is 34.6 Å². The van der Waals surface area contributed by atoms with Gasteiger partial charge in [-0.25, -0.2) is 4.98 Å². The normalized spacial score (nSPS) is 10.7. The maximum atomic E-state index is 5.82. The van der Waals surface area contributed by atoms with E-state index in [0.717, 1.165) is 11.1 Å². The SMILES string of the molecule is COc1cnccc1-c1cnc(C)c(-c2nnc(-c3ccccc3)o2)n1.[HH]. The van der Waals surface area contributed by atoms with Gasteiger partial charge < -0.3 is 9.15 Å². The molecule has 4 rings (SSSR count). The molecule has 0 atom stereocenters. The van der Waals surface area contributed by atoms with E-state index in [4.69, 9.17) is 9.15 Å². The molecular weight excluding hydrogens is 330 g/mol. The van der Waals surface area contributed by atoms with Crippen LogP contribution >= 0.6 is 0 Å². The second-order valence-electron chi connectivity index (χ2n) is 5.54. The molecule has 0 N–H and O–H groups in total. The molecule has 3 heterocycles. The van der Waals surface area contributed by atoms with Crippen molar-refractivity contribution in [3.8, 4) is 40.0 Å². The fraction of sp³-hybridized carbons (Fsp3) is 0.105. The van der Waals surface area contributed by atoms with Crippen LogP contribution in [0.3, 0.4) is 0 Å². The summed E-state index contributed by atoms with van der Waals surface area (Å²) in [6.07, 6.45) is 5.00. The van der Waals surface area contributed by atoms with Crippen LogP contribution in [0.4, 0.5) is 0 Å². The first-order chi connectivity index (χ1) is 12.8. The molecule has 1 aromatic carbocycles. The second kappa shape index (κ2) is 6.72. The summed E-state index contributed by atoms with van der Waals surface area (Å²) in [5, 5.41) is 8.26. The average molecular weight is 347 g/mol. The molecule has 0 unspecified atom stereocenters. The van der Waals surface area contributed by atoms with E-state index in [1.54, 1.807) is 25.7 Å². The van der Waals surface area contributed by atoms with Crippen molar-refractivity contribution in [3.05, 3.63) is 60.7 Å². The van der Waals surface area contributed by atoms with Crippen LogP contribution in [0, 0.1) is 6.92 Å². The molecule has 3 aromatic heterocycles. The Labute approximate surface area is 151 Å². The minimum atomic E-state index is 0. The number of nitrogens with zero attached hydrogens (tertiary/aromatic N) is 5. The maximum absolute atomic E-state index is 5.82. The van der Waals surface area contributed by atoms with E-state index in [2.05, 4.69) is 25.1 Å². The number of hydrogen-bond acceptors (Lipinski definition) is 7. The molecule has 26 heavy (non-hydrogen) atoms. The number of aromatic nitrogens is 5. The van der Waals surface area contributed by atoms with Gasteiger partial charge in [-0.2, -0.15) is 0 Å². The predicted octanol–water partition coefficient (Wildman–Crippen LogP) is 3.82. The molecule has 0 aliphatic heterocycles. The lowest BCUT2D eigenvalue weighted by atomic mass is 10.1. The van der Waals surface area contributed by atoms with Crippen LogP contribution in [0.15, 0.2) is 59.4 Å². The van der Waals surface area contributed by atoms with Gasteiger partial charge in [0.2, 0.25) is 5.89 Å². The van der Waals surface area contributed by atoms with Crippen molar-refractivity contribution in [3.63, 3.8) is 0 Å². The number of methoxy groups -OCH3 is 1. The molecule has 0 spiro atoms. The Balaban J connectivity index is 0.00000210. The van der Waals surface area contributed by atoms with Crippen molar-refractivity contribution in [1.29, 1.82) is 0 Å². The fourth-order valence-corrected chi connectivity index (χ4v) is 2.55. The van der Waals surface area contributed by atoms with Crippen LogP contribution in [-0.4, -0.2) is 32.3 Å². The molecule has 0 aliphatic rings. The van der Waals surface area contributed by atoms with Crippen LogP contribution < -0.4 is 4.74 Å². The third-order valence-electron chi connectivity index (χ3n) is 3.88. The van der Waals surface area contributed by atoms with Crippen LogP contribution in [-0.2, 0) is 0 Å². The van der Waals surface area contributed by atoms with Crippen molar-refractivity contribution < 1.29 is 10.6 Å². The van der Waals surface area contributed by atoms with Gasteiger partial charge in [0.05, 0.1) is 30.9 Å². The topological polar surface area (TPSA) is 86.8 Å². The zero-order chi connectivity index (χ0) is 17.9. The van der Waals surface area contributed by atoms with Crippen molar-refractivity contribution in [2.24, 2.45) is 0 Å². The fourth-order valence-electron chi connectivity index (χ4n) is 2.55. The lowest BCUT2D eigenvalue weighted by molar-refractivity contribution is 0.414. The largest absolute Gasteiger partial charge is 0.494 e. The Hall–Kier alpha value is -3.61. The molecule has 130 valence electrons. The molecule has 7 nitrogen and oxygen atoms in total. The van der Waals surface area contributed by atoms with Gasteiger partial charge in [-0.1, -0.05) is 18.2 Å². The lowest BCUT2D eigenvalue weighted by Gasteiger charge is -2.08. The number of ether oxygens (including phenoxy) is 1. The van der Waals surface area contributed by atoms with Gasteiger partial charge in [0.25, 0.3) is 5.89 Å². The van der Waals surface area contributed by atoms with E-state index in [1.165, 1.54) is 0 Å². The number of aryl methyl sites for hydroxylation is 1. The molecule has 0 fully saturated rings. The summed E-state index contributed by atoms with van der Waals surface area (Å²) < 4.78 is 11.2. The third kappa shape index (κ3) is 2.90. The van der Waals surface area contributed by atoms with Gasteiger partial charge in [-0.15, -0.1) is 10.2 Å². The zero-order valence-corrected chi connectivity index (χ0v) is 14.2. The Kier molecular flexibility index (Phi) is 4.10. The van der Waals surface area contributed by atoms with E-state index < -0.39 is 0 Å². The van der Waals surface area contributed by atoms with Gasteiger partial charge >= 0.3 is 0 Å². The Bertz CT molecular complexity index is 1050. The van der Waals surface area contributed by atoms with Gasteiger partial charge in [0.1, 0.15) is 11.4 Å². The van der Waals surface area contributed by atoms with Gasteiger partial charge in [-0.05, 0) is 25.1 Å². The quantitative estimate of drug-likeness (QED) is 0.554. The predicted molar refractivity (Wildman–Crippen MR) is 97.4 cm³/mol. The van der Waals surface area contributed by atoms with E-state index in [9.17, 15) is 0 Å². The summed E-state index contributed by atoms with van der Waals surface area (Å²) in [6, 6.07) is 11.4. The van der Waals surface area contributed by atoms with Crippen LogP contribution in [0.1, 0.15) is 7.12 Å². The summed E-state index contributed by atoms with van der Waals surface area (Å²) in [6.45, 7) is 1.85. The minimum Gasteiger partial charge on any atom is -0.494 e. The van der Waals surface area contributed by atoms with Crippen molar-refractivity contribution in [1.82, 2.24) is 25.1 Å². The third-order valence-corrected chi connectivity index (χ3v) is 3.88. The molecule has 0 saturated heterocycles. The first-order valence-electron chi connectivity index (χ1n) is 7.97. The number of hydrogen-bond donors (Lipinski definition) is 0. The Morgan fingerprint density at radius 2 is 1.81 bits per heavy atom. The lowest BCUT2D eigenvalue weighted by Crippen LogP contribution is -1.97. The molecule has 0 bridgehead atoms. The van der Waals surface area contributed by atoms with Gasteiger partial charge in [0, 0.05) is 18.8 Å². The van der Waals surface area contributed by atoms with E-state index >= 15 is 0 Å². The smallest absolute Gasteiger partial charge is 0.268 e. The molecule has 0 radical (unpaired) electrons. The van der Waals surface area contributed by atoms with Crippen LogP contribution in [0.25, 0.3) is 34.3 Å². The number of benzene rings is 1. The highest BCUT2D eigenvalue weighted by Crippen LogP contribution is 2.30. The van der Waals surface area contributed by atoms with Crippen molar-refractivity contribution in [2.45, 2.75) is 6.92 Å². The van der Waals surface area contributed by atoms with E-state index in [-0.39, 0.29) is 1.43 Å². The number of rotatable bonds is 4. The first-order valence-corrected chi connectivity index (χ1v) is 7.97. The Morgan fingerprint density at radius 3 is 2.62 bits per heavy atom. The minimum absolute atomic E-state index is 0. The van der Waals surface area contributed by atoms with Crippen molar-refractivity contribution >= 4 is 0 Å². The number of pyridine rings is 1. The maximum Gasteiger partial charge on any atom is 0.268 e. The van der Waals surface area contributed by atoms with Crippen LogP contribution in [0.2, 0.25) is 0 Å². The average Bonchev–Trinajstić information content (AvgIpc) is 3.19. The first kappa shape index (κ1) is 15.9. The van der Waals surface area contributed by atoms with Gasteiger partial charge in [-0.3, -0.25) is 9.97 Å². The summed E-state index contributed by atoms with van der Waals surface area (Å²) in [4.78, 5) is 13.1. The highest BCUT2D eigenvalue weighted by molar-refractivity contribution is 5.68. The summed E-state index contributed by atoms with van der Waals surface area (Å²) in [5.74, 6) is 1.38. The second-order valence-corrected chi connectivity index (χ2v) is 5.54. The summed E-state index contributed by atoms with van der Waals surface area (Å²) in [5.41, 5.74) is 3.52. The molecule has 0 saturated carbocycles. The monoisotopic (exact) mass is 347 g/mol. The summed E-state index contributed by atoms with van der Waals surface area (Å²) in [7, 11) is 1.59. The van der Waals surface area contributed by atoms with Crippen molar-refractivity contribution in [2.75, 3.05) is 7.11 Å². The molecule has 0 amide bonds. The Morgan fingerprint density at radius 1 is 1.00 bits per heavy atom. The van der Waals surface area contributed by atoms with E-state index in [1.807, 2.05) is 43.3 Å². The highest BCUT2D eigenvalue weighted by Gasteiger charge is 2.17. The molecule has 7 heteroatoms. The zero-order valence-electron chi connectivity index (χ0n) is 14.2. The van der Waals surface area contributed by atoms with Gasteiger partial charge in [0.15, 0.2) is 0 Å².